The third-order valence-electron chi connectivity index (χ3n) is 2.44. The van der Waals surface area contributed by atoms with Crippen LogP contribution in [0.25, 0.3) is 5.69 Å². The van der Waals surface area contributed by atoms with Gasteiger partial charge < -0.3 is 4.74 Å². The average molecular weight is 306 g/mol. The van der Waals surface area contributed by atoms with Crippen molar-refractivity contribution in [2.24, 2.45) is 0 Å². The largest absolute Gasteiger partial charge is 0.465 e. The van der Waals surface area contributed by atoms with Gasteiger partial charge >= 0.3 is 12.1 Å². The third-order valence-corrected chi connectivity index (χ3v) is 2.75. The van der Waals surface area contributed by atoms with E-state index in [0.717, 1.165) is 10.9 Å². The minimum absolute atomic E-state index is 0.0313. The van der Waals surface area contributed by atoms with Gasteiger partial charge in [-0.3, -0.25) is 4.57 Å². The second-order valence-electron chi connectivity index (χ2n) is 3.68. The molecule has 0 saturated carbocycles. The molecule has 0 unspecified atom stereocenters. The van der Waals surface area contributed by atoms with Gasteiger partial charge in [-0.2, -0.15) is 13.2 Å². The summed E-state index contributed by atoms with van der Waals surface area (Å²) in [6.07, 6.45) is -3.74. The van der Waals surface area contributed by atoms with Crippen molar-refractivity contribution < 1.29 is 22.7 Å². The van der Waals surface area contributed by atoms with Crippen LogP contribution in [0.1, 0.15) is 16.2 Å². The van der Waals surface area contributed by atoms with Crippen LogP contribution in [0, 0.1) is 0 Å². The van der Waals surface area contributed by atoms with Crippen molar-refractivity contribution in [1.29, 1.82) is 0 Å². The Morgan fingerprint density at radius 1 is 1.40 bits per heavy atom. The van der Waals surface area contributed by atoms with E-state index >= 15 is 0 Å². The van der Waals surface area contributed by atoms with Crippen molar-refractivity contribution in [1.82, 2.24) is 14.8 Å². The Hall–Kier alpha value is -2.09. The van der Waals surface area contributed by atoms with Crippen molar-refractivity contribution in [2.45, 2.75) is 6.18 Å². The Bertz CT molecular complexity index is 655. The number of carbonyl (C=O) groups excluding carboxylic acids is 1. The molecule has 5 nitrogen and oxygen atoms in total. The van der Waals surface area contributed by atoms with E-state index < -0.39 is 18.0 Å². The van der Waals surface area contributed by atoms with Crippen molar-refractivity contribution in [2.75, 3.05) is 7.11 Å². The number of nitrogens with zero attached hydrogens (tertiary/aromatic N) is 3. The summed E-state index contributed by atoms with van der Waals surface area (Å²) >= 11 is 5.85. The van der Waals surface area contributed by atoms with E-state index in [1.807, 2.05) is 0 Å². The maximum absolute atomic E-state index is 12.7. The molecular weight excluding hydrogens is 299 g/mol. The number of hydrogen-bond acceptors (Lipinski definition) is 4. The number of aromatic nitrogens is 3. The second kappa shape index (κ2) is 5.12. The zero-order chi connectivity index (χ0) is 14.9. The van der Waals surface area contributed by atoms with Crippen molar-refractivity contribution in [3.63, 3.8) is 0 Å². The predicted octanol–water partition coefficient (Wildman–Crippen LogP) is 2.73. The molecule has 0 amide bonds. The molecule has 1 aromatic carbocycles. The lowest BCUT2D eigenvalue weighted by atomic mass is 10.2. The number of benzene rings is 1. The van der Waals surface area contributed by atoms with Gasteiger partial charge in [0.2, 0.25) is 5.82 Å². The van der Waals surface area contributed by atoms with Gasteiger partial charge in [0.15, 0.2) is 0 Å². The zero-order valence-electron chi connectivity index (χ0n) is 9.98. The van der Waals surface area contributed by atoms with Gasteiger partial charge in [0, 0.05) is 0 Å². The molecule has 9 heteroatoms. The van der Waals surface area contributed by atoms with Crippen LogP contribution in [0.15, 0.2) is 24.5 Å². The van der Waals surface area contributed by atoms with E-state index in [2.05, 4.69) is 14.9 Å². The first-order chi connectivity index (χ1) is 9.34. The fourth-order valence-electron chi connectivity index (χ4n) is 1.55. The maximum Gasteiger partial charge on any atom is 0.452 e. The van der Waals surface area contributed by atoms with E-state index in [4.69, 9.17) is 11.6 Å². The first kappa shape index (κ1) is 14.3. The molecule has 106 valence electrons. The fourth-order valence-corrected chi connectivity index (χ4v) is 1.80. The van der Waals surface area contributed by atoms with Crippen LogP contribution < -0.4 is 0 Å². The lowest BCUT2D eigenvalue weighted by Gasteiger charge is -2.10. The van der Waals surface area contributed by atoms with E-state index in [-0.39, 0.29) is 16.3 Å². The number of halogens is 4. The molecule has 0 aliphatic rings. The molecule has 2 rings (SSSR count). The number of methoxy groups -OCH3 is 1. The molecule has 0 aliphatic heterocycles. The summed E-state index contributed by atoms with van der Waals surface area (Å²) in [5, 5.41) is 6.22. The molecule has 0 N–H and O–H groups in total. The standard InChI is InChI=1S/C11H7ClF3N3O2/c1-20-9(19)7-3-2-6(4-8(7)12)18-5-16-17-10(18)11(13,14)15/h2-5H,1H3. The predicted molar refractivity (Wildman–Crippen MR) is 62.7 cm³/mol. The summed E-state index contributed by atoms with van der Waals surface area (Å²) < 4.78 is 43.3. The molecule has 0 bridgehead atoms. The molecular formula is C11H7ClF3N3O2. The molecule has 0 fully saturated rings. The normalized spacial score (nSPS) is 11.4. The molecule has 0 spiro atoms. The number of ether oxygens (including phenoxy) is 1. The first-order valence-electron chi connectivity index (χ1n) is 5.20. The van der Waals surface area contributed by atoms with Gasteiger partial charge in [0.1, 0.15) is 6.33 Å². The van der Waals surface area contributed by atoms with Crippen LogP contribution in [0.4, 0.5) is 13.2 Å². The molecule has 0 saturated heterocycles. The third kappa shape index (κ3) is 2.60. The quantitative estimate of drug-likeness (QED) is 0.801. The smallest absolute Gasteiger partial charge is 0.452 e. The lowest BCUT2D eigenvalue weighted by molar-refractivity contribution is -0.146. The highest BCUT2D eigenvalue weighted by Crippen LogP contribution is 2.30. The fraction of sp³-hybridized carbons (Fsp3) is 0.182. The highest BCUT2D eigenvalue weighted by molar-refractivity contribution is 6.33. The summed E-state index contributed by atoms with van der Waals surface area (Å²) in [5.41, 5.74) is 0.138. The van der Waals surface area contributed by atoms with Crippen LogP contribution in [0.5, 0.6) is 0 Å². The molecule has 1 heterocycles. The van der Waals surface area contributed by atoms with Gasteiger partial charge in [-0.1, -0.05) is 11.6 Å². The summed E-state index contributed by atoms with van der Waals surface area (Å²) in [4.78, 5) is 11.3. The minimum Gasteiger partial charge on any atom is -0.465 e. The average Bonchev–Trinajstić information content (AvgIpc) is 2.86. The molecule has 20 heavy (non-hydrogen) atoms. The Balaban J connectivity index is 2.48. The Morgan fingerprint density at radius 2 is 2.10 bits per heavy atom. The van der Waals surface area contributed by atoms with E-state index in [1.165, 1.54) is 25.3 Å². The number of esters is 1. The van der Waals surface area contributed by atoms with Gasteiger partial charge in [0.05, 0.1) is 23.4 Å². The Labute approximate surface area is 115 Å². The summed E-state index contributed by atoms with van der Waals surface area (Å²) in [7, 11) is 1.17. The van der Waals surface area contributed by atoms with Crippen molar-refractivity contribution >= 4 is 17.6 Å². The highest BCUT2D eigenvalue weighted by Gasteiger charge is 2.37. The Kier molecular flexibility index (Phi) is 3.67. The number of carbonyl (C=O) groups is 1. The van der Waals surface area contributed by atoms with Crippen LogP contribution in [0.2, 0.25) is 5.02 Å². The monoisotopic (exact) mass is 305 g/mol. The van der Waals surface area contributed by atoms with E-state index in [1.54, 1.807) is 0 Å². The summed E-state index contributed by atoms with van der Waals surface area (Å²) in [6, 6.07) is 3.76. The van der Waals surface area contributed by atoms with Crippen molar-refractivity contribution in [3.8, 4) is 5.69 Å². The van der Waals surface area contributed by atoms with Gasteiger partial charge in [-0.25, -0.2) is 4.79 Å². The summed E-state index contributed by atoms with van der Waals surface area (Å²) in [5.74, 6) is -1.86. The van der Waals surface area contributed by atoms with Crippen LogP contribution >= 0.6 is 11.6 Å². The van der Waals surface area contributed by atoms with Crippen molar-refractivity contribution in [3.05, 3.63) is 40.9 Å². The zero-order valence-corrected chi connectivity index (χ0v) is 10.7. The first-order valence-corrected chi connectivity index (χ1v) is 5.58. The van der Waals surface area contributed by atoms with Gasteiger partial charge in [-0.15, -0.1) is 10.2 Å². The SMILES string of the molecule is COC(=O)c1ccc(-n2cnnc2C(F)(F)F)cc1Cl. The number of hydrogen-bond donors (Lipinski definition) is 0. The number of alkyl halides is 3. The van der Waals surface area contributed by atoms with Crippen LogP contribution in [-0.4, -0.2) is 27.8 Å². The topological polar surface area (TPSA) is 57.0 Å². The van der Waals surface area contributed by atoms with Crippen LogP contribution in [-0.2, 0) is 10.9 Å². The minimum atomic E-state index is -4.65. The Morgan fingerprint density at radius 3 is 2.65 bits per heavy atom. The molecule has 0 atom stereocenters. The molecule has 0 radical (unpaired) electrons. The van der Waals surface area contributed by atoms with Gasteiger partial charge in [-0.05, 0) is 18.2 Å². The number of rotatable bonds is 2. The molecule has 2 aromatic rings. The summed E-state index contributed by atoms with van der Waals surface area (Å²) in [6.45, 7) is 0. The van der Waals surface area contributed by atoms with Crippen LogP contribution in [0.3, 0.4) is 0 Å². The molecule has 1 aromatic heterocycles. The van der Waals surface area contributed by atoms with E-state index in [9.17, 15) is 18.0 Å². The highest BCUT2D eigenvalue weighted by atomic mass is 35.5. The second-order valence-corrected chi connectivity index (χ2v) is 4.09. The maximum atomic E-state index is 12.7. The molecule has 0 aliphatic carbocycles. The lowest BCUT2D eigenvalue weighted by Crippen LogP contribution is -2.13. The van der Waals surface area contributed by atoms with E-state index in [0.29, 0.717) is 0 Å². The van der Waals surface area contributed by atoms with Gasteiger partial charge in [0.25, 0.3) is 0 Å².